The van der Waals surface area contributed by atoms with Crippen molar-refractivity contribution in [2.24, 2.45) is 0 Å². The Labute approximate surface area is 195 Å². The molecule has 0 fully saturated rings. The molecule has 0 spiro atoms. The Morgan fingerprint density at radius 1 is 0.452 bits per heavy atom. The molecule has 0 bridgehead atoms. The molecule has 1 aromatic rings. The maximum absolute atomic E-state index is 10.7. The van der Waals surface area contributed by atoms with E-state index in [0.717, 1.165) is 12.8 Å². The Hall–Kier alpha value is -0.980. The van der Waals surface area contributed by atoms with Gasteiger partial charge in [-0.25, -0.2) is 0 Å². The van der Waals surface area contributed by atoms with Crippen LogP contribution in [0.15, 0.2) is 12.1 Å². The lowest BCUT2D eigenvalue weighted by Gasteiger charge is -2.17. The SMILES string of the molecule is CCCCCCCCCCc1c(O)ccc(CCCCCC)c1CCCCCCCC. The van der Waals surface area contributed by atoms with Crippen LogP contribution >= 0.6 is 0 Å². The van der Waals surface area contributed by atoms with Gasteiger partial charge in [0.05, 0.1) is 0 Å². The Morgan fingerprint density at radius 3 is 1.35 bits per heavy atom. The minimum Gasteiger partial charge on any atom is -0.508 e. The van der Waals surface area contributed by atoms with E-state index < -0.39 is 0 Å². The minimum absolute atomic E-state index is 0.557. The summed E-state index contributed by atoms with van der Waals surface area (Å²) in [7, 11) is 0. The van der Waals surface area contributed by atoms with Crippen molar-refractivity contribution in [3.8, 4) is 5.75 Å². The Kier molecular flexibility index (Phi) is 17.8. The second-order valence-corrected chi connectivity index (χ2v) is 9.75. The van der Waals surface area contributed by atoms with Crippen LogP contribution in [-0.4, -0.2) is 5.11 Å². The second-order valence-electron chi connectivity index (χ2n) is 9.75. The third-order valence-electron chi connectivity index (χ3n) is 6.86. The normalized spacial score (nSPS) is 11.3. The van der Waals surface area contributed by atoms with Crippen molar-refractivity contribution in [1.29, 1.82) is 0 Å². The summed E-state index contributed by atoms with van der Waals surface area (Å²) < 4.78 is 0. The average Bonchev–Trinajstić information content (AvgIpc) is 2.78. The van der Waals surface area contributed by atoms with E-state index in [1.54, 1.807) is 0 Å². The highest BCUT2D eigenvalue weighted by atomic mass is 16.3. The van der Waals surface area contributed by atoms with Crippen LogP contribution in [-0.2, 0) is 19.3 Å². The molecule has 1 aromatic carbocycles. The van der Waals surface area contributed by atoms with E-state index in [9.17, 15) is 5.11 Å². The van der Waals surface area contributed by atoms with E-state index in [0.29, 0.717) is 5.75 Å². The molecule has 180 valence electrons. The molecule has 0 saturated carbocycles. The lowest BCUT2D eigenvalue weighted by Crippen LogP contribution is -2.03. The molecule has 0 aliphatic carbocycles. The van der Waals surface area contributed by atoms with E-state index in [2.05, 4.69) is 26.8 Å². The van der Waals surface area contributed by atoms with E-state index in [4.69, 9.17) is 0 Å². The van der Waals surface area contributed by atoms with Gasteiger partial charge in [0.25, 0.3) is 0 Å². The van der Waals surface area contributed by atoms with Crippen molar-refractivity contribution in [2.75, 3.05) is 0 Å². The Balaban J connectivity index is 2.62. The average molecular weight is 431 g/mol. The number of benzene rings is 1. The van der Waals surface area contributed by atoms with Crippen molar-refractivity contribution in [2.45, 2.75) is 156 Å². The summed E-state index contributed by atoms with van der Waals surface area (Å²) in [4.78, 5) is 0. The van der Waals surface area contributed by atoms with Gasteiger partial charge in [0.2, 0.25) is 0 Å². The maximum Gasteiger partial charge on any atom is 0.119 e. The Morgan fingerprint density at radius 2 is 0.839 bits per heavy atom. The third-order valence-corrected chi connectivity index (χ3v) is 6.86. The monoisotopic (exact) mass is 430 g/mol. The predicted molar refractivity (Wildman–Crippen MR) is 139 cm³/mol. The third kappa shape index (κ3) is 13.2. The summed E-state index contributed by atoms with van der Waals surface area (Å²) in [6.45, 7) is 6.86. The zero-order valence-electron chi connectivity index (χ0n) is 21.5. The van der Waals surface area contributed by atoms with E-state index in [1.807, 2.05) is 6.07 Å². The van der Waals surface area contributed by atoms with Gasteiger partial charge >= 0.3 is 0 Å². The number of unbranched alkanes of at least 4 members (excludes halogenated alkanes) is 15. The molecule has 0 radical (unpaired) electrons. The van der Waals surface area contributed by atoms with Crippen LogP contribution in [0.25, 0.3) is 0 Å². The van der Waals surface area contributed by atoms with E-state index in [-0.39, 0.29) is 0 Å². The number of rotatable bonds is 21. The van der Waals surface area contributed by atoms with Gasteiger partial charge in [0.1, 0.15) is 5.75 Å². The first-order valence-corrected chi connectivity index (χ1v) is 14.1. The number of aromatic hydroxyl groups is 1. The highest BCUT2D eigenvalue weighted by Crippen LogP contribution is 2.30. The summed E-state index contributed by atoms with van der Waals surface area (Å²) in [5.41, 5.74) is 4.32. The molecule has 0 amide bonds. The van der Waals surface area contributed by atoms with Crippen molar-refractivity contribution < 1.29 is 5.11 Å². The van der Waals surface area contributed by atoms with Gasteiger partial charge in [-0.2, -0.15) is 0 Å². The number of hydrogen-bond donors (Lipinski definition) is 1. The highest BCUT2D eigenvalue weighted by molar-refractivity contribution is 5.45. The molecule has 0 saturated heterocycles. The lowest BCUT2D eigenvalue weighted by molar-refractivity contribution is 0.463. The molecule has 0 aliphatic rings. The molecule has 1 heteroatoms. The second kappa shape index (κ2) is 19.7. The summed E-state index contributed by atoms with van der Waals surface area (Å²) >= 11 is 0. The summed E-state index contributed by atoms with van der Waals surface area (Å²) in [6, 6.07) is 4.21. The van der Waals surface area contributed by atoms with E-state index in [1.165, 1.54) is 139 Å². The first-order chi connectivity index (χ1) is 15.2. The molecule has 0 heterocycles. The van der Waals surface area contributed by atoms with Gasteiger partial charge in [0.15, 0.2) is 0 Å². The fourth-order valence-electron chi connectivity index (χ4n) is 4.81. The van der Waals surface area contributed by atoms with Gasteiger partial charge in [0, 0.05) is 0 Å². The number of hydrogen-bond acceptors (Lipinski definition) is 1. The van der Waals surface area contributed by atoms with E-state index >= 15 is 0 Å². The predicted octanol–water partition coefficient (Wildman–Crippen LogP) is 10.1. The Bertz CT molecular complexity index is 533. The number of phenolic OH excluding ortho intramolecular Hbond substituents is 1. The van der Waals surface area contributed by atoms with Crippen LogP contribution in [0.5, 0.6) is 5.75 Å². The molecule has 31 heavy (non-hydrogen) atoms. The molecule has 0 unspecified atom stereocenters. The quantitative estimate of drug-likeness (QED) is 0.192. The van der Waals surface area contributed by atoms with Gasteiger partial charge in [-0.1, -0.05) is 123 Å². The van der Waals surface area contributed by atoms with Gasteiger partial charge in [-0.3, -0.25) is 0 Å². The van der Waals surface area contributed by atoms with Crippen LogP contribution in [0.2, 0.25) is 0 Å². The van der Waals surface area contributed by atoms with Crippen LogP contribution < -0.4 is 0 Å². The zero-order valence-corrected chi connectivity index (χ0v) is 21.5. The van der Waals surface area contributed by atoms with Crippen molar-refractivity contribution in [1.82, 2.24) is 0 Å². The summed E-state index contributed by atoms with van der Waals surface area (Å²) in [5.74, 6) is 0.557. The van der Waals surface area contributed by atoms with Gasteiger partial charge < -0.3 is 5.11 Å². The first-order valence-electron chi connectivity index (χ1n) is 14.1. The minimum atomic E-state index is 0.557. The molecule has 1 nitrogen and oxygen atoms in total. The highest BCUT2D eigenvalue weighted by Gasteiger charge is 2.13. The standard InChI is InChI=1S/C30H54O/c1-4-7-10-13-15-16-18-21-24-29-28(23-20-17-14-11-8-5-2)27(25-26-30(29)31)22-19-12-9-6-3/h25-26,31H,4-24H2,1-3H3. The molecule has 1 N–H and O–H groups in total. The molecular weight excluding hydrogens is 376 g/mol. The van der Waals surface area contributed by atoms with Crippen LogP contribution in [0.3, 0.4) is 0 Å². The van der Waals surface area contributed by atoms with Crippen LogP contribution in [0.4, 0.5) is 0 Å². The fourth-order valence-corrected chi connectivity index (χ4v) is 4.81. The van der Waals surface area contributed by atoms with Crippen molar-refractivity contribution in [3.05, 3.63) is 28.8 Å². The number of phenols is 1. The maximum atomic E-state index is 10.7. The van der Waals surface area contributed by atoms with Crippen LogP contribution in [0, 0.1) is 0 Å². The molecule has 0 atom stereocenters. The lowest BCUT2D eigenvalue weighted by atomic mass is 9.89. The summed E-state index contributed by atoms with van der Waals surface area (Å²) in [5, 5.41) is 10.7. The fraction of sp³-hybridized carbons (Fsp3) is 0.800. The topological polar surface area (TPSA) is 20.2 Å². The smallest absolute Gasteiger partial charge is 0.119 e. The van der Waals surface area contributed by atoms with Gasteiger partial charge in [-0.15, -0.1) is 0 Å². The zero-order chi connectivity index (χ0) is 22.6. The molecule has 0 aromatic heterocycles. The molecular formula is C30H54O. The van der Waals surface area contributed by atoms with Crippen LogP contribution in [0.1, 0.15) is 153 Å². The largest absolute Gasteiger partial charge is 0.508 e. The van der Waals surface area contributed by atoms with Crippen molar-refractivity contribution in [3.63, 3.8) is 0 Å². The van der Waals surface area contributed by atoms with Crippen molar-refractivity contribution >= 4 is 0 Å². The first kappa shape index (κ1) is 28.1. The molecule has 1 rings (SSSR count). The van der Waals surface area contributed by atoms with Gasteiger partial charge in [-0.05, 0) is 61.3 Å². The summed E-state index contributed by atoms with van der Waals surface area (Å²) in [6.07, 6.45) is 27.5. The number of aryl methyl sites for hydroxylation is 1. The molecule has 0 aliphatic heterocycles.